The fourth-order valence-electron chi connectivity index (χ4n) is 3.13. The molecule has 0 saturated carbocycles. The number of ether oxygens (including phenoxy) is 1. The van der Waals surface area contributed by atoms with E-state index in [2.05, 4.69) is 15.6 Å². The van der Waals surface area contributed by atoms with Gasteiger partial charge in [-0.2, -0.15) is 0 Å². The first kappa shape index (κ1) is 17.2. The van der Waals surface area contributed by atoms with E-state index in [1.54, 1.807) is 6.20 Å². The molecule has 3 heterocycles. The molecule has 7 nitrogen and oxygen atoms in total. The maximum atomic E-state index is 12.5. The van der Waals surface area contributed by atoms with Crippen LogP contribution in [0.4, 0.5) is 0 Å². The van der Waals surface area contributed by atoms with E-state index in [1.165, 1.54) is 0 Å². The summed E-state index contributed by atoms with van der Waals surface area (Å²) in [5.41, 5.74) is 0.440. The maximum Gasteiger partial charge on any atom is 0.276 e. The molecule has 2 saturated heterocycles. The van der Waals surface area contributed by atoms with Gasteiger partial charge in [-0.3, -0.25) is 4.79 Å². The number of nitrogens with one attached hydrogen (secondary N) is 1. The summed E-state index contributed by atoms with van der Waals surface area (Å²) in [6.45, 7) is 7.19. The number of carbonyl (C=O) groups is 1. The Labute approximate surface area is 136 Å². The molecule has 1 N–H and O–H groups in total. The molecule has 2 fully saturated rings. The fraction of sp³-hybridized carbons (Fsp3) is 0.786. The Bertz CT molecular complexity index is 493. The monoisotopic (exact) mass is 329 g/mol. The first-order chi connectivity index (χ1) is 10.1. The second-order valence-electron chi connectivity index (χ2n) is 6.03. The zero-order chi connectivity index (χ0) is 14.8. The van der Waals surface area contributed by atoms with Crippen molar-refractivity contribution in [3.8, 4) is 0 Å². The van der Waals surface area contributed by atoms with E-state index in [0.717, 1.165) is 25.9 Å². The molecule has 2 aliphatic heterocycles. The number of halogens is 1. The highest BCUT2D eigenvalue weighted by Gasteiger charge is 2.28. The number of carbonyl (C=O) groups excluding carboxylic acids is 1. The highest BCUT2D eigenvalue weighted by molar-refractivity contribution is 5.92. The van der Waals surface area contributed by atoms with Crippen molar-refractivity contribution in [1.29, 1.82) is 0 Å². The number of morpholine rings is 1. The molecule has 22 heavy (non-hydrogen) atoms. The predicted molar refractivity (Wildman–Crippen MR) is 84.3 cm³/mol. The van der Waals surface area contributed by atoms with Crippen molar-refractivity contribution in [3.63, 3.8) is 0 Å². The number of hydrogen-bond donors (Lipinski definition) is 1. The standard InChI is InChI=1S/C14H23N5O2.ClH/c1-10-7-18(8-11(2)21-10)14(20)13-9-19(17-16-13)12-3-5-15-6-4-12;/h9-12,15H,3-8H2,1-2H3;1H. The summed E-state index contributed by atoms with van der Waals surface area (Å²) in [5.74, 6) is -0.0443. The summed E-state index contributed by atoms with van der Waals surface area (Å²) >= 11 is 0. The van der Waals surface area contributed by atoms with E-state index in [9.17, 15) is 4.79 Å². The van der Waals surface area contributed by atoms with Gasteiger partial charge in [0.15, 0.2) is 5.69 Å². The van der Waals surface area contributed by atoms with Crippen LogP contribution in [0.3, 0.4) is 0 Å². The quantitative estimate of drug-likeness (QED) is 0.872. The molecule has 0 aliphatic carbocycles. The Morgan fingerprint density at radius 1 is 1.27 bits per heavy atom. The number of nitrogens with zero attached hydrogens (tertiary/aromatic N) is 4. The molecule has 2 unspecified atom stereocenters. The minimum absolute atomic E-state index is 0. The molecule has 2 atom stereocenters. The van der Waals surface area contributed by atoms with Crippen LogP contribution in [-0.2, 0) is 4.74 Å². The molecule has 0 spiro atoms. The van der Waals surface area contributed by atoms with E-state index in [0.29, 0.717) is 24.8 Å². The van der Waals surface area contributed by atoms with Crippen LogP contribution in [0.2, 0.25) is 0 Å². The molecule has 8 heteroatoms. The van der Waals surface area contributed by atoms with Crippen molar-refractivity contribution in [3.05, 3.63) is 11.9 Å². The number of piperidine rings is 1. The van der Waals surface area contributed by atoms with Gasteiger partial charge in [0, 0.05) is 13.1 Å². The lowest BCUT2D eigenvalue weighted by Gasteiger charge is -2.34. The van der Waals surface area contributed by atoms with Gasteiger partial charge in [0.25, 0.3) is 5.91 Å². The Hall–Kier alpha value is -1.18. The fourth-order valence-corrected chi connectivity index (χ4v) is 3.13. The highest BCUT2D eigenvalue weighted by atomic mass is 35.5. The average Bonchev–Trinajstić information content (AvgIpc) is 2.96. The zero-order valence-corrected chi connectivity index (χ0v) is 13.9. The third kappa shape index (κ3) is 3.77. The van der Waals surface area contributed by atoms with Crippen LogP contribution in [0, 0.1) is 0 Å². The summed E-state index contributed by atoms with van der Waals surface area (Å²) in [6.07, 6.45) is 3.99. The molecule has 124 valence electrons. The number of aromatic nitrogens is 3. The van der Waals surface area contributed by atoms with Gasteiger partial charge in [0.1, 0.15) is 0 Å². The second-order valence-corrected chi connectivity index (χ2v) is 6.03. The lowest BCUT2D eigenvalue weighted by molar-refractivity contribution is -0.0587. The van der Waals surface area contributed by atoms with Gasteiger partial charge in [0.2, 0.25) is 0 Å². The molecular weight excluding hydrogens is 306 g/mol. The summed E-state index contributed by atoms with van der Waals surface area (Å²) in [5, 5.41) is 11.6. The Balaban J connectivity index is 0.00000176. The van der Waals surface area contributed by atoms with E-state index < -0.39 is 0 Å². The Morgan fingerprint density at radius 3 is 2.55 bits per heavy atom. The predicted octanol–water partition coefficient (Wildman–Crippen LogP) is 0.874. The number of rotatable bonds is 2. The first-order valence-electron chi connectivity index (χ1n) is 7.71. The van der Waals surface area contributed by atoms with Gasteiger partial charge < -0.3 is 15.0 Å². The molecule has 1 aromatic rings. The van der Waals surface area contributed by atoms with E-state index in [4.69, 9.17) is 4.74 Å². The van der Waals surface area contributed by atoms with Gasteiger partial charge in [-0.1, -0.05) is 5.21 Å². The maximum absolute atomic E-state index is 12.5. The smallest absolute Gasteiger partial charge is 0.276 e. The lowest BCUT2D eigenvalue weighted by atomic mass is 10.1. The van der Waals surface area contributed by atoms with Crippen molar-refractivity contribution in [1.82, 2.24) is 25.2 Å². The van der Waals surface area contributed by atoms with E-state index >= 15 is 0 Å². The van der Waals surface area contributed by atoms with Crippen molar-refractivity contribution in [2.45, 2.75) is 44.9 Å². The summed E-state index contributed by atoms with van der Waals surface area (Å²) in [4.78, 5) is 14.3. The molecule has 1 aromatic heterocycles. The summed E-state index contributed by atoms with van der Waals surface area (Å²) in [6, 6.07) is 0.350. The van der Waals surface area contributed by atoms with Crippen molar-refractivity contribution < 1.29 is 9.53 Å². The van der Waals surface area contributed by atoms with Gasteiger partial charge in [-0.25, -0.2) is 4.68 Å². The van der Waals surface area contributed by atoms with Crippen LogP contribution in [0.1, 0.15) is 43.2 Å². The first-order valence-corrected chi connectivity index (χ1v) is 7.71. The van der Waals surface area contributed by atoms with Gasteiger partial charge in [-0.05, 0) is 39.8 Å². The largest absolute Gasteiger partial charge is 0.372 e. The average molecular weight is 330 g/mol. The molecular formula is C14H24ClN5O2. The van der Waals surface area contributed by atoms with E-state index in [1.807, 2.05) is 23.4 Å². The number of amides is 1. The second kappa shape index (κ2) is 7.39. The van der Waals surface area contributed by atoms with Crippen LogP contribution in [0.15, 0.2) is 6.20 Å². The van der Waals surface area contributed by atoms with Crippen molar-refractivity contribution in [2.75, 3.05) is 26.2 Å². The third-order valence-electron chi connectivity index (χ3n) is 4.12. The van der Waals surface area contributed by atoms with Crippen LogP contribution < -0.4 is 5.32 Å². The summed E-state index contributed by atoms with van der Waals surface area (Å²) < 4.78 is 7.51. The minimum atomic E-state index is -0.0443. The molecule has 2 aliphatic rings. The highest BCUT2D eigenvalue weighted by Crippen LogP contribution is 2.18. The minimum Gasteiger partial charge on any atom is -0.372 e. The van der Waals surface area contributed by atoms with Crippen molar-refractivity contribution >= 4 is 18.3 Å². The van der Waals surface area contributed by atoms with Gasteiger partial charge in [-0.15, -0.1) is 17.5 Å². The van der Waals surface area contributed by atoms with Crippen LogP contribution >= 0.6 is 12.4 Å². The molecule has 0 bridgehead atoms. The topological polar surface area (TPSA) is 72.3 Å². The van der Waals surface area contributed by atoms with E-state index in [-0.39, 0.29) is 30.5 Å². The van der Waals surface area contributed by atoms with Crippen LogP contribution in [0.25, 0.3) is 0 Å². The lowest BCUT2D eigenvalue weighted by Crippen LogP contribution is -2.48. The van der Waals surface area contributed by atoms with Gasteiger partial charge in [0.05, 0.1) is 24.4 Å². The van der Waals surface area contributed by atoms with Crippen LogP contribution in [0.5, 0.6) is 0 Å². The molecule has 3 rings (SSSR count). The summed E-state index contributed by atoms with van der Waals surface area (Å²) in [7, 11) is 0. The normalized spacial score (nSPS) is 26.5. The zero-order valence-electron chi connectivity index (χ0n) is 13.1. The molecule has 1 amide bonds. The Kier molecular flexibility index (Phi) is 5.77. The third-order valence-corrected chi connectivity index (χ3v) is 4.12. The Morgan fingerprint density at radius 2 is 1.91 bits per heavy atom. The molecule has 0 aromatic carbocycles. The van der Waals surface area contributed by atoms with Crippen LogP contribution in [-0.4, -0.2) is 64.2 Å². The number of hydrogen-bond acceptors (Lipinski definition) is 5. The van der Waals surface area contributed by atoms with Gasteiger partial charge >= 0.3 is 0 Å². The SMILES string of the molecule is CC1CN(C(=O)c2cn(C3CCNCC3)nn2)CC(C)O1.Cl. The molecule has 0 radical (unpaired) electrons. The van der Waals surface area contributed by atoms with Crippen molar-refractivity contribution in [2.24, 2.45) is 0 Å².